The van der Waals surface area contributed by atoms with Gasteiger partial charge in [-0.05, 0) is 37.3 Å². The molecule has 1 N–H and O–H groups in total. The van der Waals surface area contributed by atoms with Crippen molar-refractivity contribution >= 4 is 32.7 Å². The minimum atomic E-state index is -3.71. The number of amides is 1. The molecular formula is C22H28N4O5S. The van der Waals surface area contributed by atoms with Crippen LogP contribution in [0.15, 0.2) is 52.2 Å². The Morgan fingerprint density at radius 2 is 1.72 bits per heavy atom. The highest BCUT2D eigenvalue weighted by atomic mass is 32.2. The third-order valence-corrected chi connectivity index (χ3v) is 7.27. The van der Waals surface area contributed by atoms with Crippen LogP contribution in [0.1, 0.15) is 20.8 Å². The summed E-state index contributed by atoms with van der Waals surface area (Å²) in [5.41, 5.74) is 1.27. The van der Waals surface area contributed by atoms with E-state index in [4.69, 9.17) is 4.74 Å². The molecule has 1 aromatic heterocycles. The second kappa shape index (κ2) is 9.58. The third-order valence-electron chi connectivity index (χ3n) is 5.22. The molecule has 172 valence electrons. The van der Waals surface area contributed by atoms with Crippen molar-refractivity contribution in [3.05, 3.63) is 52.9 Å². The molecule has 0 saturated heterocycles. The number of para-hydroxylation sites is 2. The molecule has 0 aliphatic heterocycles. The lowest BCUT2D eigenvalue weighted by molar-refractivity contribution is -0.116. The zero-order chi connectivity index (χ0) is 23.5. The fourth-order valence-corrected chi connectivity index (χ4v) is 5.10. The summed E-state index contributed by atoms with van der Waals surface area (Å²) in [6.07, 6.45) is 0. The van der Waals surface area contributed by atoms with Gasteiger partial charge in [-0.25, -0.2) is 13.2 Å². The largest absolute Gasteiger partial charge is 0.492 e. The number of carbonyl (C=O) groups excluding carboxylic acids is 1. The molecule has 0 atom stereocenters. The van der Waals surface area contributed by atoms with Crippen LogP contribution in [0.4, 0.5) is 5.69 Å². The van der Waals surface area contributed by atoms with Crippen molar-refractivity contribution in [2.45, 2.75) is 32.2 Å². The lowest BCUT2D eigenvalue weighted by atomic mass is 10.3. The number of rotatable bonds is 9. The molecule has 0 fully saturated rings. The summed E-state index contributed by atoms with van der Waals surface area (Å²) in [5.74, 6) is -0.119. The number of nitrogens with zero attached hydrogens (tertiary/aromatic N) is 3. The molecule has 10 heteroatoms. The van der Waals surface area contributed by atoms with Crippen LogP contribution in [0.2, 0.25) is 0 Å². The molecule has 32 heavy (non-hydrogen) atoms. The number of imidazole rings is 1. The molecule has 1 heterocycles. The highest BCUT2D eigenvalue weighted by Crippen LogP contribution is 2.29. The van der Waals surface area contributed by atoms with Crippen molar-refractivity contribution in [1.29, 1.82) is 0 Å². The number of sulfonamides is 1. The molecular weight excluding hydrogens is 432 g/mol. The van der Waals surface area contributed by atoms with E-state index in [0.717, 1.165) is 0 Å². The van der Waals surface area contributed by atoms with Crippen LogP contribution in [-0.4, -0.2) is 47.5 Å². The van der Waals surface area contributed by atoms with E-state index in [9.17, 15) is 18.0 Å². The van der Waals surface area contributed by atoms with Gasteiger partial charge in [0.25, 0.3) is 0 Å². The number of aryl methyl sites for hydroxylation is 1. The number of hydrogen-bond acceptors (Lipinski definition) is 5. The topological polar surface area (TPSA) is 103 Å². The molecule has 3 aromatic rings. The van der Waals surface area contributed by atoms with Crippen LogP contribution in [-0.2, 0) is 28.4 Å². The van der Waals surface area contributed by atoms with Crippen molar-refractivity contribution in [2.24, 2.45) is 7.05 Å². The minimum absolute atomic E-state index is 0.0577. The summed E-state index contributed by atoms with van der Waals surface area (Å²) < 4.78 is 35.6. The number of carbonyl (C=O) groups is 1. The van der Waals surface area contributed by atoms with Gasteiger partial charge in [0.1, 0.15) is 12.3 Å². The average Bonchev–Trinajstić information content (AvgIpc) is 3.00. The summed E-state index contributed by atoms with van der Waals surface area (Å²) in [4.78, 5) is 25.5. The first-order valence-electron chi connectivity index (χ1n) is 10.5. The van der Waals surface area contributed by atoms with Gasteiger partial charge in [0, 0.05) is 20.1 Å². The summed E-state index contributed by atoms with van der Waals surface area (Å²) in [6, 6.07) is 11.6. The fourth-order valence-electron chi connectivity index (χ4n) is 3.61. The normalized spacial score (nSPS) is 11.8. The van der Waals surface area contributed by atoms with E-state index >= 15 is 0 Å². The van der Waals surface area contributed by atoms with Crippen LogP contribution in [0.3, 0.4) is 0 Å². The monoisotopic (exact) mass is 460 g/mol. The Kier molecular flexibility index (Phi) is 7.05. The Labute approximate surface area is 187 Å². The molecule has 0 bridgehead atoms. The van der Waals surface area contributed by atoms with Gasteiger partial charge in [-0.2, -0.15) is 4.31 Å². The molecule has 0 spiro atoms. The van der Waals surface area contributed by atoms with Crippen LogP contribution in [0, 0.1) is 0 Å². The highest BCUT2D eigenvalue weighted by molar-refractivity contribution is 7.89. The summed E-state index contributed by atoms with van der Waals surface area (Å²) in [7, 11) is -2.07. The van der Waals surface area contributed by atoms with Crippen LogP contribution in [0.5, 0.6) is 5.75 Å². The maximum Gasteiger partial charge on any atom is 0.329 e. The molecule has 3 rings (SSSR count). The molecule has 2 aromatic carbocycles. The molecule has 9 nitrogen and oxygen atoms in total. The van der Waals surface area contributed by atoms with Crippen LogP contribution in [0.25, 0.3) is 11.0 Å². The molecule has 0 aliphatic carbocycles. The van der Waals surface area contributed by atoms with E-state index in [-0.39, 0.29) is 22.8 Å². The van der Waals surface area contributed by atoms with Gasteiger partial charge in [0.15, 0.2) is 0 Å². The maximum atomic E-state index is 12.9. The van der Waals surface area contributed by atoms with Gasteiger partial charge in [0.05, 0.1) is 28.2 Å². The average molecular weight is 461 g/mol. The number of ether oxygens (including phenoxy) is 1. The summed E-state index contributed by atoms with van der Waals surface area (Å²) in [5, 5.41) is 2.72. The quantitative estimate of drug-likeness (QED) is 0.528. The number of hydrogen-bond donors (Lipinski definition) is 1. The van der Waals surface area contributed by atoms with E-state index < -0.39 is 15.9 Å². The van der Waals surface area contributed by atoms with Gasteiger partial charge < -0.3 is 10.1 Å². The first-order chi connectivity index (χ1) is 15.2. The molecule has 0 saturated carbocycles. The molecule has 0 radical (unpaired) electrons. The predicted octanol–water partition coefficient (Wildman–Crippen LogP) is 2.41. The Balaban J connectivity index is 1.95. The van der Waals surface area contributed by atoms with Crippen molar-refractivity contribution < 1.29 is 17.9 Å². The number of nitrogens with one attached hydrogen (secondary N) is 1. The Bertz CT molecular complexity index is 1290. The lowest BCUT2D eigenvalue weighted by Crippen LogP contribution is -2.31. The van der Waals surface area contributed by atoms with Crippen molar-refractivity contribution in [3.63, 3.8) is 0 Å². The van der Waals surface area contributed by atoms with E-state index in [1.165, 1.54) is 31.6 Å². The number of fused-ring (bicyclic) bond motifs is 1. The lowest BCUT2D eigenvalue weighted by Gasteiger charge is -2.20. The van der Waals surface area contributed by atoms with E-state index in [2.05, 4.69) is 5.32 Å². The fraction of sp³-hybridized carbons (Fsp3) is 0.364. The standard InChI is InChI=1S/C22H28N4O5S/c1-5-25(6-2)32(29,30)16-12-13-20(31-7-3)17(14-16)23-21(27)15-26-19-11-9-8-10-18(19)24(4)22(26)28/h8-14H,5-7,15H2,1-4H3,(H,23,27). The first kappa shape index (κ1) is 23.6. The Hall–Kier alpha value is -3.11. The van der Waals surface area contributed by atoms with Gasteiger partial charge >= 0.3 is 5.69 Å². The second-order valence-corrected chi connectivity index (χ2v) is 9.08. The molecule has 0 aliphatic rings. The highest BCUT2D eigenvalue weighted by Gasteiger charge is 2.23. The minimum Gasteiger partial charge on any atom is -0.492 e. The van der Waals surface area contributed by atoms with Gasteiger partial charge in [-0.1, -0.05) is 26.0 Å². The third kappa shape index (κ3) is 4.42. The van der Waals surface area contributed by atoms with Crippen molar-refractivity contribution in [2.75, 3.05) is 25.0 Å². The molecule has 1 amide bonds. The predicted molar refractivity (Wildman–Crippen MR) is 124 cm³/mol. The van der Waals surface area contributed by atoms with E-state index in [1.54, 1.807) is 46.0 Å². The van der Waals surface area contributed by atoms with Gasteiger partial charge in [-0.3, -0.25) is 13.9 Å². The molecule has 0 unspecified atom stereocenters. The maximum absolute atomic E-state index is 12.9. The number of benzene rings is 2. The Morgan fingerprint density at radius 3 is 2.34 bits per heavy atom. The van der Waals surface area contributed by atoms with Gasteiger partial charge in [0.2, 0.25) is 15.9 Å². The first-order valence-corrected chi connectivity index (χ1v) is 11.9. The number of anilines is 1. The SMILES string of the molecule is CCOc1ccc(S(=O)(=O)N(CC)CC)cc1NC(=O)Cn1c(=O)n(C)c2ccccc21. The van der Waals surface area contributed by atoms with Crippen LogP contribution < -0.4 is 15.7 Å². The summed E-state index contributed by atoms with van der Waals surface area (Å²) >= 11 is 0. The smallest absolute Gasteiger partial charge is 0.329 e. The second-order valence-electron chi connectivity index (χ2n) is 7.14. The van der Waals surface area contributed by atoms with E-state index in [0.29, 0.717) is 36.5 Å². The van der Waals surface area contributed by atoms with Crippen molar-refractivity contribution in [1.82, 2.24) is 13.4 Å². The Morgan fingerprint density at radius 1 is 1.06 bits per heavy atom. The number of aromatic nitrogens is 2. The van der Waals surface area contributed by atoms with Crippen molar-refractivity contribution in [3.8, 4) is 5.75 Å². The zero-order valence-corrected chi connectivity index (χ0v) is 19.5. The summed E-state index contributed by atoms with van der Waals surface area (Å²) in [6.45, 7) is 6.10. The zero-order valence-electron chi connectivity index (χ0n) is 18.7. The van der Waals surface area contributed by atoms with Gasteiger partial charge in [-0.15, -0.1) is 0 Å². The van der Waals surface area contributed by atoms with Crippen LogP contribution >= 0.6 is 0 Å². The van der Waals surface area contributed by atoms with E-state index in [1.807, 2.05) is 6.07 Å².